The van der Waals surface area contributed by atoms with Crippen LogP contribution in [0.1, 0.15) is 35.2 Å². The van der Waals surface area contributed by atoms with Crippen LogP contribution in [0.2, 0.25) is 0 Å². The van der Waals surface area contributed by atoms with E-state index in [9.17, 15) is 9.59 Å². The highest BCUT2D eigenvalue weighted by molar-refractivity contribution is 5.93. The molecule has 0 spiro atoms. The number of esters is 1. The summed E-state index contributed by atoms with van der Waals surface area (Å²) in [5.74, 6) is -2.11. The maximum absolute atomic E-state index is 11.5. The van der Waals surface area contributed by atoms with Gasteiger partial charge in [-0.3, -0.25) is 4.79 Å². The molecule has 16 heavy (non-hydrogen) atoms. The van der Waals surface area contributed by atoms with Crippen molar-refractivity contribution in [3.8, 4) is 0 Å². The Kier molecular flexibility index (Phi) is 4.05. The van der Waals surface area contributed by atoms with E-state index in [1.807, 2.05) is 0 Å². The van der Waals surface area contributed by atoms with Gasteiger partial charge in [-0.15, -0.1) is 0 Å². The molecule has 0 fully saturated rings. The Morgan fingerprint density at radius 2 is 2.00 bits per heavy atom. The largest absolute Gasteiger partial charge is 0.481 e. The summed E-state index contributed by atoms with van der Waals surface area (Å²) in [6.07, 6.45) is 0.434. The van der Waals surface area contributed by atoms with E-state index >= 15 is 0 Å². The van der Waals surface area contributed by atoms with Crippen molar-refractivity contribution < 1.29 is 19.4 Å². The Morgan fingerprint density at radius 1 is 1.38 bits per heavy atom. The fourth-order valence-corrected chi connectivity index (χ4v) is 1.62. The van der Waals surface area contributed by atoms with Gasteiger partial charge in [-0.05, 0) is 18.1 Å². The summed E-state index contributed by atoms with van der Waals surface area (Å²) in [6, 6.07) is 6.62. The van der Waals surface area contributed by atoms with Gasteiger partial charge >= 0.3 is 11.9 Å². The van der Waals surface area contributed by atoms with E-state index in [-0.39, 0.29) is 0 Å². The highest BCUT2D eigenvalue weighted by Gasteiger charge is 2.23. The first-order valence-electron chi connectivity index (χ1n) is 5.01. The number of aliphatic carboxylic acids is 1. The van der Waals surface area contributed by atoms with Crippen LogP contribution < -0.4 is 0 Å². The van der Waals surface area contributed by atoms with Crippen LogP contribution >= 0.6 is 0 Å². The first kappa shape index (κ1) is 12.2. The number of benzene rings is 1. The minimum atomic E-state index is -0.932. The van der Waals surface area contributed by atoms with Crippen molar-refractivity contribution in [3.63, 3.8) is 0 Å². The Hall–Kier alpha value is -1.84. The lowest BCUT2D eigenvalue weighted by molar-refractivity contribution is -0.138. The standard InChI is InChI=1S/C12H14O4/c1-3-8(11(13)14)9-6-4-5-7-10(9)12(15)16-2/h4-8H,3H2,1-2H3,(H,13,14). The molecule has 4 nitrogen and oxygen atoms in total. The van der Waals surface area contributed by atoms with Crippen LogP contribution in [0.3, 0.4) is 0 Å². The number of carboxylic acids is 1. The molecule has 86 valence electrons. The number of carbonyl (C=O) groups excluding carboxylic acids is 1. The molecule has 1 aromatic rings. The summed E-state index contributed by atoms with van der Waals surface area (Å²) in [4.78, 5) is 22.5. The lowest BCUT2D eigenvalue weighted by Crippen LogP contribution is -2.15. The summed E-state index contributed by atoms with van der Waals surface area (Å²) < 4.78 is 4.62. The zero-order chi connectivity index (χ0) is 12.1. The molecular formula is C12H14O4. The summed E-state index contributed by atoms with van der Waals surface area (Å²) in [5.41, 5.74) is 0.823. The van der Waals surface area contributed by atoms with Gasteiger partial charge in [0.2, 0.25) is 0 Å². The second-order valence-electron chi connectivity index (χ2n) is 3.38. The van der Waals surface area contributed by atoms with Gasteiger partial charge in [0.05, 0.1) is 18.6 Å². The second kappa shape index (κ2) is 5.30. The van der Waals surface area contributed by atoms with Gasteiger partial charge in [0.15, 0.2) is 0 Å². The number of carbonyl (C=O) groups is 2. The topological polar surface area (TPSA) is 63.6 Å². The average molecular weight is 222 g/mol. The zero-order valence-electron chi connectivity index (χ0n) is 9.27. The van der Waals surface area contributed by atoms with Crippen LogP contribution in [0, 0.1) is 0 Å². The Bertz CT molecular complexity index is 398. The van der Waals surface area contributed by atoms with Gasteiger partial charge in [-0.2, -0.15) is 0 Å². The third-order valence-electron chi connectivity index (χ3n) is 2.45. The van der Waals surface area contributed by atoms with Crippen molar-refractivity contribution in [2.45, 2.75) is 19.3 Å². The van der Waals surface area contributed by atoms with Crippen LogP contribution in [-0.2, 0) is 9.53 Å². The Morgan fingerprint density at radius 3 is 2.50 bits per heavy atom. The molecule has 1 unspecified atom stereocenters. The molecule has 0 bridgehead atoms. The smallest absolute Gasteiger partial charge is 0.338 e. The number of methoxy groups -OCH3 is 1. The fraction of sp³-hybridized carbons (Fsp3) is 0.333. The number of hydrogen-bond acceptors (Lipinski definition) is 3. The van der Waals surface area contributed by atoms with Crippen LogP contribution in [-0.4, -0.2) is 24.2 Å². The Labute approximate surface area is 93.9 Å². The normalized spacial score (nSPS) is 11.9. The van der Waals surface area contributed by atoms with Gasteiger partial charge in [0, 0.05) is 0 Å². The summed E-state index contributed by atoms with van der Waals surface area (Å²) in [7, 11) is 1.28. The van der Waals surface area contributed by atoms with Crippen LogP contribution in [0.25, 0.3) is 0 Å². The molecule has 1 N–H and O–H groups in total. The molecule has 0 saturated heterocycles. The van der Waals surface area contributed by atoms with Crippen molar-refractivity contribution in [1.82, 2.24) is 0 Å². The molecule has 0 amide bonds. The lowest BCUT2D eigenvalue weighted by atomic mass is 9.92. The lowest BCUT2D eigenvalue weighted by Gasteiger charge is -2.13. The molecule has 0 aliphatic carbocycles. The van der Waals surface area contributed by atoms with E-state index in [4.69, 9.17) is 5.11 Å². The number of ether oxygens (including phenoxy) is 1. The molecular weight excluding hydrogens is 208 g/mol. The SMILES string of the molecule is CCC(C(=O)O)c1ccccc1C(=O)OC. The predicted molar refractivity (Wildman–Crippen MR) is 58.4 cm³/mol. The van der Waals surface area contributed by atoms with E-state index in [0.717, 1.165) is 0 Å². The molecule has 1 rings (SSSR count). The number of rotatable bonds is 4. The van der Waals surface area contributed by atoms with Crippen molar-refractivity contribution in [1.29, 1.82) is 0 Å². The molecule has 0 radical (unpaired) electrons. The molecule has 1 aromatic carbocycles. The monoisotopic (exact) mass is 222 g/mol. The van der Waals surface area contributed by atoms with E-state index in [2.05, 4.69) is 4.74 Å². The molecule has 0 heterocycles. The predicted octanol–water partition coefficient (Wildman–Crippen LogP) is 2.05. The quantitative estimate of drug-likeness (QED) is 0.792. The van der Waals surface area contributed by atoms with Gasteiger partial charge in [-0.1, -0.05) is 25.1 Å². The van der Waals surface area contributed by atoms with Crippen LogP contribution in [0.15, 0.2) is 24.3 Å². The summed E-state index contributed by atoms with van der Waals surface area (Å²) >= 11 is 0. The molecule has 0 aliphatic rings. The number of hydrogen-bond donors (Lipinski definition) is 1. The van der Waals surface area contributed by atoms with Gasteiger partial charge in [-0.25, -0.2) is 4.79 Å². The van der Waals surface area contributed by atoms with E-state index in [1.165, 1.54) is 7.11 Å². The van der Waals surface area contributed by atoms with Crippen LogP contribution in [0.5, 0.6) is 0 Å². The highest BCUT2D eigenvalue weighted by atomic mass is 16.5. The average Bonchev–Trinajstić information content (AvgIpc) is 2.29. The molecule has 0 aliphatic heterocycles. The van der Waals surface area contributed by atoms with E-state index < -0.39 is 17.9 Å². The van der Waals surface area contributed by atoms with E-state index in [1.54, 1.807) is 31.2 Å². The van der Waals surface area contributed by atoms with Crippen molar-refractivity contribution in [2.75, 3.05) is 7.11 Å². The number of carboxylic acid groups (broad SMARTS) is 1. The zero-order valence-corrected chi connectivity index (χ0v) is 9.27. The maximum atomic E-state index is 11.5. The van der Waals surface area contributed by atoms with Crippen molar-refractivity contribution in [2.24, 2.45) is 0 Å². The second-order valence-corrected chi connectivity index (χ2v) is 3.38. The third kappa shape index (κ3) is 2.39. The third-order valence-corrected chi connectivity index (χ3v) is 2.45. The molecule has 0 aromatic heterocycles. The minimum Gasteiger partial charge on any atom is -0.481 e. The van der Waals surface area contributed by atoms with Gasteiger partial charge in [0.1, 0.15) is 0 Å². The fourth-order valence-electron chi connectivity index (χ4n) is 1.62. The summed E-state index contributed by atoms with van der Waals surface area (Å²) in [5, 5.41) is 9.05. The van der Waals surface area contributed by atoms with E-state index in [0.29, 0.717) is 17.5 Å². The Balaban J connectivity index is 3.21. The highest BCUT2D eigenvalue weighted by Crippen LogP contribution is 2.24. The van der Waals surface area contributed by atoms with Crippen molar-refractivity contribution >= 4 is 11.9 Å². The molecule has 1 atom stereocenters. The molecule has 0 saturated carbocycles. The summed E-state index contributed by atoms with van der Waals surface area (Å²) in [6.45, 7) is 1.77. The van der Waals surface area contributed by atoms with Crippen LogP contribution in [0.4, 0.5) is 0 Å². The van der Waals surface area contributed by atoms with Gasteiger partial charge < -0.3 is 9.84 Å². The first-order chi connectivity index (χ1) is 7.61. The van der Waals surface area contributed by atoms with Crippen molar-refractivity contribution in [3.05, 3.63) is 35.4 Å². The maximum Gasteiger partial charge on any atom is 0.338 e. The first-order valence-corrected chi connectivity index (χ1v) is 5.01. The minimum absolute atomic E-state index is 0.319. The van der Waals surface area contributed by atoms with Gasteiger partial charge in [0.25, 0.3) is 0 Å². The molecule has 4 heteroatoms.